The third-order valence-electron chi connectivity index (χ3n) is 10.6. The Balaban J connectivity index is 0.00000561. The standard InChI is InChI=1S/C44H49N7O12.4Na/c1-7-24-21(3)28-15-29-22(4)25(9-11-38(52)50-35(42(58)59)19-40(54)55)31(46-29)17-32-26(10-12-39(53)51-36(43(60)61)20-41(56)57)23(5)30(47-32)16-34-27(13-14-45-63-8-2)44(6,62)37(49-34)18-33(24)48-28;;;;/h7,13-18,35-36,45,49,62H,1,8-12,19-20H2,2-6H3,(H,50,52)(H,51,53)(H,54,55)(H,56,57)(H,58,59)(H,60,61);;;;/q;4*+1/p-4/t35-,36-,44?;;;;/m0..../s1. The van der Waals surface area contributed by atoms with Crippen molar-refractivity contribution in [3.63, 3.8) is 0 Å². The second kappa shape index (κ2) is 27.2. The van der Waals surface area contributed by atoms with Crippen LogP contribution < -0.4 is 149 Å². The Morgan fingerprint density at radius 1 is 0.776 bits per heavy atom. The van der Waals surface area contributed by atoms with Crippen molar-refractivity contribution in [1.29, 1.82) is 0 Å². The van der Waals surface area contributed by atoms with Gasteiger partial charge in [0.1, 0.15) is 5.60 Å². The Labute approximate surface area is 475 Å². The molecule has 0 amide bonds. The van der Waals surface area contributed by atoms with Crippen molar-refractivity contribution in [1.82, 2.24) is 10.8 Å². The number of rotatable bonds is 19. The van der Waals surface area contributed by atoms with Crippen LogP contribution in [0, 0.1) is 0 Å². The molecule has 0 aromatic heterocycles. The number of carboxylic acids is 4. The third-order valence-corrected chi connectivity index (χ3v) is 10.6. The SMILES string of the molecule is C=CC1=C(C)C2=CC3=NC(=CC4=NC(=CC5=C(C=CNOCC)C(C)(O)C(=CC1=N2)N5)C(C)=C4CCC([O-])=N[C@@H](CC(=O)[O-])C(=O)O)C(CCC([O-])=N[C@@H](CC(=O)[O-])C(=O)O)=C3C.[Na+].[Na+].[Na+].[Na+]. The van der Waals surface area contributed by atoms with Crippen LogP contribution in [0.2, 0.25) is 0 Å². The van der Waals surface area contributed by atoms with E-state index in [0.717, 1.165) is 5.57 Å². The summed E-state index contributed by atoms with van der Waals surface area (Å²) in [6.07, 6.45) is 8.86. The maximum Gasteiger partial charge on any atom is 1.00 e. The average molecular weight is 956 g/mol. The summed E-state index contributed by atoms with van der Waals surface area (Å²) in [7, 11) is 0. The largest absolute Gasteiger partial charge is 1.00 e. The summed E-state index contributed by atoms with van der Waals surface area (Å²) in [6.45, 7) is 13.1. The zero-order chi connectivity index (χ0) is 46.3. The fourth-order valence-corrected chi connectivity index (χ4v) is 7.22. The predicted molar refractivity (Wildman–Crippen MR) is 223 cm³/mol. The maximum atomic E-state index is 13.0. The Bertz CT molecular complexity index is 2500. The van der Waals surface area contributed by atoms with Gasteiger partial charge in [0.05, 0.1) is 46.5 Å². The van der Waals surface area contributed by atoms with Crippen LogP contribution in [0.5, 0.6) is 0 Å². The second-order valence-corrected chi connectivity index (χ2v) is 14.9. The van der Waals surface area contributed by atoms with Gasteiger partial charge in [-0.15, -0.1) is 0 Å². The first kappa shape index (κ1) is 61.8. The number of fused-ring (bicyclic) bond motifs is 5. The van der Waals surface area contributed by atoms with Gasteiger partial charge in [0.2, 0.25) is 0 Å². The van der Waals surface area contributed by atoms with Crippen LogP contribution in [0.4, 0.5) is 0 Å². The zero-order valence-electron chi connectivity index (χ0n) is 39.1. The molecule has 5 aliphatic heterocycles. The molecular weight excluding hydrogens is 910 g/mol. The predicted octanol–water partition coefficient (Wildman–Crippen LogP) is -12.0. The first-order chi connectivity index (χ1) is 29.7. The molecule has 67 heavy (non-hydrogen) atoms. The van der Waals surface area contributed by atoms with Crippen molar-refractivity contribution >= 4 is 52.8 Å². The van der Waals surface area contributed by atoms with Gasteiger partial charge in [0.25, 0.3) is 0 Å². The van der Waals surface area contributed by atoms with E-state index in [1.54, 1.807) is 64.2 Å². The van der Waals surface area contributed by atoms with E-state index in [4.69, 9.17) is 19.8 Å². The van der Waals surface area contributed by atoms with Crippen LogP contribution in [-0.2, 0) is 24.0 Å². The number of hydrogen-bond acceptors (Lipinski definition) is 17. The Morgan fingerprint density at radius 2 is 1.28 bits per heavy atom. The molecule has 1 unspecified atom stereocenters. The van der Waals surface area contributed by atoms with Gasteiger partial charge in [-0.25, -0.2) is 24.6 Å². The molecule has 0 saturated carbocycles. The fraction of sp³-hybridized carbons (Fsp3) is 0.341. The first-order valence-electron chi connectivity index (χ1n) is 19.7. The molecule has 0 aromatic carbocycles. The summed E-state index contributed by atoms with van der Waals surface area (Å²) in [5.41, 5.74) is 8.51. The molecule has 0 aromatic rings. The van der Waals surface area contributed by atoms with Gasteiger partial charge < -0.3 is 50.7 Å². The van der Waals surface area contributed by atoms with E-state index < -0.39 is 66.2 Å². The van der Waals surface area contributed by atoms with Crippen molar-refractivity contribution in [2.24, 2.45) is 25.0 Å². The molecule has 3 atom stereocenters. The molecule has 5 N–H and O–H groups in total. The first-order valence-corrected chi connectivity index (χ1v) is 19.7. The minimum atomic E-state index is -1.85. The number of carbonyl (C=O) groups excluding carboxylic acids is 2. The monoisotopic (exact) mass is 955 g/mol. The number of allylic oxidation sites excluding steroid dienone is 11. The molecule has 5 rings (SSSR count). The van der Waals surface area contributed by atoms with Crippen LogP contribution in [0.25, 0.3) is 0 Å². The number of nitrogens with zero attached hydrogens (tertiary/aromatic N) is 5. The fourth-order valence-electron chi connectivity index (χ4n) is 7.22. The summed E-state index contributed by atoms with van der Waals surface area (Å²) in [4.78, 5) is 72.8. The number of carboxylic acid groups (broad SMARTS) is 4. The quantitative estimate of drug-likeness (QED) is 0.0264. The number of carbonyl (C=O) groups is 4. The average Bonchev–Trinajstić information content (AvgIpc) is 3.84. The van der Waals surface area contributed by atoms with Gasteiger partial charge in [-0.2, -0.15) is 0 Å². The summed E-state index contributed by atoms with van der Waals surface area (Å²) in [6, 6.07) is -3.70. The van der Waals surface area contributed by atoms with E-state index in [1.807, 2.05) is 6.92 Å². The minimum absolute atomic E-state index is 0. The molecule has 5 heterocycles. The summed E-state index contributed by atoms with van der Waals surface area (Å²) >= 11 is 0. The van der Waals surface area contributed by atoms with E-state index >= 15 is 0 Å². The number of nitrogens with one attached hydrogen (secondary N) is 2. The van der Waals surface area contributed by atoms with E-state index in [0.29, 0.717) is 85.7 Å². The van der Waals surface area contributed by atoms with E-state index in [9.17, 15) is 54.9 Å². The van der Waals surface area contributed by atoms with E-state index in [-0.39, 0.29) is 144 Å². The number of hydrogen-bond donors (Lipinski definition) is 5. The van der Waals surface area contributed by atoms with Crippen LogP contribution in [0.3, 0.4) is 0 Å². The smallest absolute Gasteiger partial charge is 0.862 e. The molecule has 8 bridgehead atoms. The number of aliphatic hydroxyl groups is 1. The second-order valence-electron chi connectivity index (χ2n) is 14.9. The van der Waals surface area contributed by atoms with Crippen LogP contribution >= 0.6 is 0 Å². The van der Waals surface area contributed by atoms with E-state index in [1.165, 1.54) is 6.20 Å². The van der Waals surface area contributed by atoms with Gasteiger partial charge in [-0.3, -0.25) is 20.3 Å². The van der Waals surface area contributed by atoms with Crippen molar-refractivity contribution < 1.29 is 178 Å². The third kappa shape index (κ3) is 15.4. The van der Waals surface area contributed by atoms with Gasteiger partial charge >= 0.3 is 130 Å². The van der Waals surface area contributed by atoms with Gasteiger partial charge in [-0.1, -0.05) is 12.7 Å². The van der Waals surface area contributed by atoms with Crippen LogP contribution in [-0.4, -0.2) is 92.4 Å². The topological polar surface area (TPSA) is 316 Å². The number of hydroxylamine groups is 1. The molecule has 0 radical (unpaired) electrons. The van der Waals surface area contributed by atoms with Crippen molar-refractivity contribution in [3.05, 3.63) is 117 Å². The van der Waals surface area contributed by atoms with Crippen molar-refractivity contribution in [3.8, 4) is 0 Å². The van der Waals surface area contributed by atoms with Gasteiger partial charge in [0.15, 0.2) is 12.1 Å². The maximum absolute atomic E-state index is 13.0. The molecule has 0 spiro atoms. The van der Waals surface area contributed by atoms with Gasteiger partial charge in [0, 0.05) is 47.8 Å². The van der Waals surface area contributed by atoms with Gasteiger partial charge in [-0.05, 0) is 130 Å². The summed E-state index contributed by atoms with van der Waals surface area (Å²) < 4.78 is 0. The molecule has 23 heteroatoms. The summed E-state index contributed by atoms with van der Waals surface area (Å²) in [5.74, 6) is -8.34. The van der Waals surface area contributed by atoms with Crippen molar-refractivity contribution in [2.75, 3.05) is 6.61 Å². The minimum Gasteiger partial charge on any atom is -0.862 e. The molecule has 332 valence electrons. The Morgan fingerprint density at radius 3 is 1.81 bits per heavy atom. The molecule has 0 fully saturated rings. The molecule has 0 aliphatic carbocycles. The molecular formula is C44H45N7Na4O12. The normalized spacial score (nSPS) is 19.8. The van der Waals surface area contributed by atoms with E-state index in [2.05, 4.69) is 27.4 Å². The molecule has 5 aliphatic rings. The molecule has 0 saturated heterocycles. The van der Waals surface area contributed by atoms with Crippen LogP contribution in [0.15, 0.2) is 142 Å². The zero-order valence-corrected chi connectivity index (χ0v) is 47.1. The van der Waals surface area contributed by atoms with Crippen LogP contribution in [0.1, 0.15) is 73.1 Å². The number of aliphatic carboxylic acids is 4. The Kier molecular flexibility index (Phi) is 25.1. The Hall–Kier alpha value is -3.25. The summed E-state index contributed by atoms with van der Waals surface area (Å²) in [5, 5.41) is 82.7. The molecule has 19 nitrogen and oxygen atoms in total. The number of aliphatic imine (C=N–C) groups is 5. The van der Waals surface area contributed by atoms with Crippen molar-refractivity contribution in [2.45, 2.75) is 90.8 Å².